The van der Waals surface area contributed by atoms with Gasteiger partial charge in [-0.3, -0.25) is 4.79 Å². The highest BCUT2D eigenvalue weighted by atomic mass is 16.5. The van der Waals surface area contributed by atoms with Gasteiger partial charge in [-0.15, -0.1) is 0 Å². The topological polar surface area (TPSA) is 62.1 Å². The summed E-state index contributed by atoms with van der Waals surface area (Å²) in [6, 6.07) is 9.17. The molecule has 0 bridgehead atoms. The summed E-state index contributed by atoms with van der Waals surface area (Å²) in [6.45, 7) is 0.00534. The average Bonchev–Trinajstić information content (AvgIpc) is 2.46. The van der Waals surface area contributed by atoms with Crippen LogP contribution in [0.4, 0.5) is 0 Å². The normalized spacial score (nSPS) is 15.5. The molecule has 4 nitrogen and oxygen atoms in total. The standard InChI is InChI=1S/C15H18N2O2/c16-10-12-5-4-8-14(9-12)19-11-15(18)17-13-6-2-1-3-7-13/h4-5,8-9,13H,1-3,6-7,11H2,(H,17,18). The third-order valence-corrected chi connectivity index (χ3v) is 3.30. The van der Waals surface area contributed by atoms with E-state index in [4.69, 9.17) is 10.00 Å². The molecule has 1 fully saturated rings. The lowest BCUT2D eigenvalue weighted by atomic mass is 9.95. The smallest absolute Gasteiger partial charge is 0.258 e. The van der Waals surface area contributed by atoms with Gasteiger partial charge in [0.15, 0.2) is 6.61 Å². The van der Waals surface area contributed by atoms with Gasteiger partial charge in [0.2, 0.25) is 0 Å². The fraction of sp³-hybridized carbons (Fsp3) is 0.467. The van der Waals surface area contributed by atoms with Crippen LogP contribution in [0.3, 0.4) is 0 Å². The zero-order valence-corrected chi connectivity index (χ0v) is 10.9. The fourth-order valence-electron chi connectivity index (χ4n) is 2.32. The van der Waals surface area contributed by atoms with E-state index in [0.717, 1.165) is 12.8 Å². The molecule has 4 heteroatoms. The van der Waals surface area contributed by atoms with E-state index in [0.29, 0.717) is 17.4 Å². The van der Waals surface area contributed by atoms with E-state index >= 15 is 0 Å². The molecule has 0 saturated heterocycles. The molecule has 0 aromatic heterocycles. The highest BCUT2D eigenvalue weighted by Gasteiger charge is 2.15. The second kappa shape index (κ2) is 6.79. The van der Waals surface area contributed by atoms with Crippen molar-refractivity contribution >= 4 is 5.91 Å². The molecule has 0 spiro atoms. The highest BCUT2D eigenvalue weighted by Crippen LogP contribution is 2.17. The van der Waals surface area contributed by atoms with E-state index in [2.05, 4.69) is 5.32 Å². The maximum absolute atomic E-state index is 11.7. The minimum atomic E-state index is -0.0886. The van der Waals surface area contributed by atoms with Crippen LogP contribution in [-0.2, 0) is 4.79 Å². The summed E-state index contributed by atoms with van der Waals surface area (Å²) in [5.41, 5.74) is 0.533. The van der Waals surface area contributed by atoms with E-state index in [-0.39, 0.29) is 12.5 Å². The Bertz CT molecular complexity index is 473. The van der Waals surface area contributed by atoms with E-state index in [1.165, 1.54) is 19.3 Å². The predicted molar refractivity (Wildman–Crippen MR) is 71.7 cm³/mol. The van der Waals surface area contributed by atoms with Crippen molar-refractivity contribution in [2.24, 2.45) is 0 Å². The summed E-state index contributed by atoms with van der Waals surface area (Å²) < 4.78 is 5.39. The highest BCUT2D eigenvalue weighted by molar-refractivity contribution is 5.77. The van der Waals surface area contributed by atoms with Crippen molar-refractivity contribution in [3.8, 4) is 11.8 Å². The molecule has 1 N–H and O–H groups in total. The van der Waals surface area contributed by atoms with Gasteiger partial charge in [-0.1, -0.05) is 25.3 Å². The number of ether oxygens (including phenoxy) is 1. The van der Waals surface area contributed by atoms with Crippen molar-refractivity contribution in [3.05, 3.63) is 29.8 Å². The number of amides is 1. The number of carbonyl (C=O) groups excluding carboxylic acids is 1. The number of carbonyl (C=O) groups is 1. The zero-order chi connectivity index (χ0) is 13.5. The van der Waals surface area contributed by atoms with Crippen LogP contribution < -0.4 is 10.1 Å². The third-order valence-electron chi connectivity index (χ3n) is 3.30. The lowest BCUT2D eigenvalue weighted by Gasteiger charge is -2.22. The van der Waals surface area contributed by atoms with Gasteiger partial charge in [0.05, 0.1) is 11.6 Å². The number of hydrogen-bond acceptors (Lipinski definition) is 3. The summed E-state index contributed by atoms with van der Waals surface area (Å²) in [4.78, 5) is 11.7. The van der Waals surface area contributed by atoms with Gasteiger partial charge in [-0.05, 0) is 31.0 Å². The summed E-state index contributed by atoms with van der Waals surface area (Å²) >= 11 is 0. The van der Waals surface area contributed by atoms with Gasteiger partial charge in [0.25, 0.3) is 5.91 Å². The summed E-state index contributed by atoms with van der Waals surface area (Å²) in [6.07, 6.45) is 5.78. The van der Waals surface area contributed by atoms with Crippen molar-refractivity contribution in [2.45, 2.75) is 38.1 Å². The Morgan fingerprint density at radius 1 is 1.37 bits per heavy atom. The maximum Gasteiger partial charge on any atom is 0.258 e. The van der Waals surface area contributed by atoms with Crippen molar-refractivity contribution in [3.63, 3.8) is 0 Å². The Balaban J connectivity index is 1.78. The molecule has 1 aromatic rings. The Hall–Kier alpha value is -2.02. The average molecular weight is 258 g/mol. The van der Waals surface area contributed by atoms with Crippen molar-refractivity contribution in [1.82, 2.24) is 5.32 Å². The molecule has 100 valence electrons. The minimum Gasteiger partial charge on any atom is -0.484 e. The largest absolute Gasteiger partial charge is 0.484 e. The van der Waals surface area contributed by atoms with Crippen LogP contribution >= 0.6 is 0 Å². The molecule has 1 aliphatic carbocycles. The van der Waals surface area contributed by atoms with Gasteiger partial charge in [-0.2, -0.15) is 5.26 Å². The van der Waals surface area contributed by atoms with E-state index in [1.54, 1.807) is 24.3 Å². The first-order valence-electron chi connectivity index (χ1n) is 6.70. The fourth-order valence-corrected chi connectivity index (χ4v) is 2.32. The van der Waals surface area contributed by atoms with Crippen molar-refractivity contribution in [1.29, 1.82) is 5.26 Å². The van der Waals surface area contributed by atoms with Crippen molar-refractivity contribution < 1.29 is 9.53 Å². The Morgan fingerprint density at radius 3 is 2.89 bits per heavy atom. The molecule has 19 heavy (non-hydrogen) atoms. The maximum atomic E-state index is 11.7. The third kappa shape index (κ3) is 4.29. The molecule has 0 heterocycles. The molecule has 0 aliphatic heterocycles. The summed E-state index contributed by atoms with van der Waals surface area (Å²) in [5.74, 6) is 0.465. The summed E-state index contributed by atoms with van der Waals surface area (Å²) in [5, 5.41) is 11.8. The lowest BCUT2D eigenvalue weighted by molar-refractivity contribution is -0.124. The van der Waals surface area contributed by atoms with Crippen LogP contribution in [-0.4, -0.2) is 18.6 Å². The van der Waals surface area contributed by atoms with Gasteiger partial charge in [-0.25, -0.2) is 0 Å². The number of hydrogen-bond donors (Lipinski definition) is 1. The first kappa shape index (κ1) is 13.4. The SMILES string of the molecule is N#Cc1cccc(OCC(=O)NC2CCCCC2)c1. The molecular formula is C15H18N2O2. The van der Waals surface area contributed by atoms with E-state index in [9.17, 15) is 4.79 Å². The number of benzene rings is 1. The number of nitrogens with zero attached hydrogens (tertiary/aromatic N) is 1. The first-order valence-corrected chi connectivity index (χ1v) is 6.70. The van der Waals surface area contributed by atoms with Crippen LogP contribution in [0, 0.1) is 11.3 Å². The Kier molecular flexibility index (Phi) is 4.79. The van der Waals surface area contributed by atoms with Crippen LogP contribution in [0.2, 0.25) is 0 Å². The molecule has 0 unspecified atom stereocenters. The predicted octanol–water partition coefficient (Wildman–Crippen LogP) is 2.39. The quantitative estimate of drug-likeness (QED) is 0.902. The Morgan fingerprint density at radius 2 is 2.16 bits per heavy atom. The second-order valence-corrected chi connectivity index (χ2v) is 4.83. The van der Waals surface area contributed by atoms with E-state index in [1.807, 2.05) is 6.07 Å². The number of rotatable bonds is 4. The van der Waals surface area contributed by atoms with Gasteiger partial charge in [0.1, 0.15) is 5.75 Å². The molecule has 0 atom stereocenters. The van der Waals surface area contributed by atoms with E-state index < -0.39 is 0 Å². The zero-order valence-electron chi connectivity index (χ0n) is 10.9. The van der Waals surface area contributed by atoms with Gasteiger partial charge >= 0.3 is 0 Å². The van der Waals surface area contributed by atoms with Crippen LogP contribution in [0.25, 0.3) is 0 Å². The first-order chi connectivity index (χ1) is 9.28. The molecular weight excluding hydrogens is 240 g/mol. The number of nitrogens with one attached hydrogen (secondary N) is 1. The summed E-state index contributed by atoms with van der Waals surface area (Å²) in [7, 11) is 0. The molecule has 1 aromatic carbocycles. The number of nitriles is 1. The minimum absolute atomic E-state index is 0.00534. The molecule has 2 rings (SSSR count). The Labute approximate surface area is 113 Å². The second-order valence-electron chi connectivity index (χ2n) is 4.83. The van der Waals surface area contributed by atoms with Crippen molar-refractivity contribution in [2.75, 3.05) is 6.61 Å². The lowest BCUT2D eigenvalue weighted by Crippen LogP contribution is -2.38. The molecule has 1 saturated carbocycles. The van der Waals surface area contributed by atoms with Gasteiger partial charge < -0.3 is 10.1 Å². The molecule has 1 amide bonds. The van der Waals surface area contributed by atoms with Crippen LogP contribution in [0.1, 0.15) is 37.7 Å². The van der Waals surface area contributed by atoms with Crippen LogP contribution in [0.15, 0.2) is 24.3 Å². The molecule has 1 aliphatic rings. The van der Waals surface area contributed by atoms with Crippen LogP contribution in [0.5, 0.6) is 5.75 Å². The monoisotopic (exact) mass is 258 g/mol. The molecule has 0 radical (unpaired) electrons. The van der Waals surface area contributed by atoms with Gasteiger partial charge in [0, 0.05) is 6.04 Å².